The van der Waals surface area contributed by atoms with Gasteiger partial charge in [-0.15, -0.1) is 0 Å². The van der Waals surface area contributed by atoms with Crippen LogP contribution in [0, 0.1) is 0 Å². The molecule has 0 spiro atoms. The minimum Gasteiger partial charge on any atom is -0.340 e. The molecule has 0 atom stereocenters. The second-order valence-corrected chi connectivity index (χ2v) is 5.19. The fourth-order valence-corrected chi connectivity index (χ4v) is 2.72. The van der Waals surface area contributed by atoms with Gasteiger partial charge in [-0.2, -0.15) is 0 Å². The zero-order valence-electron chi connectivity index (χ0n) is 11.7. The predicted octanol–water partition coefficient (Wildman–Crippen LogP) is 0.105. The maximum absolute atomic E-state index is 12.2. The number of hydrogen-bond acceptors (Lipinski definition) is 4. The van der Waals surface area contributed by atoms with E-state index in [-0.39, 0.29) is 30.7 Å². The number of carbonyl (C=O) groups is 3. The van der Waals surface area contributed by atoms with Crippen molar-refractivity contribution in [2.24, 2.45) is 0 Å². The molecule has 0 saturated carbocycles. The molecule has 2 aliphatic heterocycles. The minimum absolute atomic E-state index is 0.00643. The molecule has 0 aromatic heterocycles. The van der Waals surface area contributed by atoms with Crippen molar-refractivity contribution in [2.75, 3.05) is 32.7 Å². The van der Waals surface area contributed by atoms with Crippen molar-refractivity contribution < 1.29 is 14.4 Å². The number of nitrogens with one attached hydrogen (secondary N) is 1. The third kappa shape index (κ3) is 2.54. The lowest BCUT2D eigenvalue weighted by Crippen LogP contribution is -2.47. The number of nitrogens with zero attached hydrogens (tertiary/aromatic N) is 2. The molecule has 0 aliphatic carbocycles. The van der Waals surface area contributed by atoms with Crippen molar-refractivity contribution in [3.8, 4) is 0 Å². The van der Waals surface area contributed by atoms with Crippen LogP contribution in [0.25, 0.3) is 0 Å². The third-order valence-electron chi connectivity index (χ3n) is 3.90. The van der Waals surface area contributed by atoms with Crippen LogP contribution >= 0.6 is 0 Å². The summed E-state index contributed by atoms with van der Waals surface area (Å²) in [5.41, 5.74) is 0.856. The van der Waals surface area contributed by atoms with E-state index in [4.69, 9.17) is 0 Å². The highest BCUT2D eigenvalue weighted by molar-refractivity contribution is 6.21. The minimum atomic E-state index is -0.302. The summed E-state index contributed by atoms with van der Waals surface area (Å²) in [6, 6.07) is 6.76. The van der Waals surface area contributed by atoms with E-state index in [1.165, 1.54) is 4.90 Å². The van der Waals surface area contributed by atoms with Gasteiger partial charge < -0.3 is 10.2 Å². The van der Waals surface area contributed by atoms with E-state index >= 15 is 0 Å². The van der Waals surface area contributed by atoms with Crippen LogP contribution in [0.5, 0.6) is 0 Å². The Labute approximate surface area is 122 Å². The Morgan fingerprint density at radius 2 is 1.62 bits per heavy atom. The second-order valence-electron chi connectivity index (χ2n) is 5.19. The number of amides is 3. The van der Waals surface area contributed by atoms with E-state index in [1.807, 2.05) is 0 Å². The van der Waals surface area contributed by atoms with Gasteiger partial charge in [0.25, 0.3) is 11.8 Å². The molecule has 1 N–H and O–H groups in total. The molecule has 0 unspecified atom stereocenters. The van der Waals surface area contributed by atoms with Crippen LogP contribution in [0.3, 0.4) is 0 Å². The average Bonchev–Trinajstić information content (AvgIpc) is 2.78. The van der Waals surface area contributed by atoms with E-state index < -0.39 is 0 Å². The van der Waals surface area contributed by atoms with Gasteiger partial charge in [-0.05, 0) is 12.1 Å². The van der Waals surface area contributed by atoms with Gasteiger partial charge in [-0.25, -0.2) is 0 Å². The first kappa shape index (κ1) is 13.8. The zero-order valence-corrected chi connectivity index (χ0v) is 11.7. The molecule has 1 saturated heterocycles. The SMILES string of the molecule is O=C(CCN1C(=O)c2ccccc2C1=O)N1CCNCC1. The highest BCUT2D eigenvalue weighted by Gasteiger charge is 2.35. The molecule has 1 aromatic carbocycles. The Morgan fingerprint density at radius 1 is 1.05 bits per heavy atom. The number of benzene rings is 1. The first-order valence-corrected chi connectivity index (χ1v) is 7.12. The van der Waals surface area contributed by atoms with Gasteiger partial charge in [-0.3, -0.25) is 19.3 Å². The van der Waals surface area contributed by atoms with Gasteiger partial charge >= 0.3 is 0 Å². The van der Waals surface area contributed by atoms with Crippen LogP contribution in [0.4, 0.5) is 0 Å². The largest absolute Gasteiger partial charge is 0.340 e. The third-order valence-corrected chi connectivity index (χ3v) is 3.90. The van der Waals surface area contributed by atoms with E-state index in [1.54, 1.807) is 29.2 Å². The predicted molar refractivity (Wildman–Crippen MR) is 75.9 cm³/mol. The van der Waals surface area contributed by atoms with Crippen molar-refractivity contribution in [1.29, 1.82) is 0 Å². The zero-order chi connectivity index (χ0) is 14.8. The Hall–Kier alpha value is -2.21. The molecule has 0 bridgehead atoms. The molecule has 6 nitrogen and oxygen atoms in total. The number of piperazine rings is 1. The lowest BCUT2D eigenvalue weighted by Gasteiger charge is -2.28. The number of hydrogen-bond donors (Lipinski definition) is 1. The summed E-state index contributed by atoms with van der Waals surface area (Å²) in [6.07, 6.45) is 0.186. The Kier molecular flexibility index (Phi) is 3.70. The Morgan fingerprint density at radius 3 is 2.19 bits per heavy atom. The van der Waals surface area contributed by atoms with E-state index in [0.29, 0.717) is 24.2 Å². The van der Waals surface area contributed by atoms with Crippen molar-refractivity contribution in [1.82, 2.24) is 15.1 Å². The first-order valence-electron chi connectivity index (χ1n) is 7.12. The van der Waals surface area contributed by atoms with Gasteiger partial charge in [0.1, 0.15) is 0 Å². The number of carbonyl (C=O) groups excluding carboxylic acids is 3. The van der Waals surface area contributed by atoms with Gasteiger partial charge in [-0.1, -0.05) is 12.1 Å². The van der Waals surface area contributed by atoms with Crippen LogP contribution in [-0.4, -0.2) is 60.2 Å². The first-order chi connectivity index (χ1) is 10.2. The number of fused-ring (bicyclic) bond motifs is 1. The smallest absolute Gasteiger partial charge is 0.261 e. The topological polar surface area (TPSA) is 69.7 Å². The van der Waals surface area contributed by atoms with E-state index in [2.05, 4.69) is 5.32 Å². The van der Waals surface area contributed by atoms with Gasteiger partial charge in [0.2, 0.25) is 5.91 Å². The van der Waals surface area contributed by atoms with Crippen molar-refractivity contribution in [2.45, 2.75) is 6.42 Å². The number of rotatable bonds is 3. The van der Waals surface area contributed by atoms with Gasteiger partial charge in [0.05, 0.1) is 11.1 Å². The van der Waals surface area contributed by atoms with Crippen molar-refractivity contribution in [3.63, 3.8) is 0 Å². The van der Waals surface area contributed by atoms with Crippen LogP contribution < -0.4 is 5.32 Å². The molecule has 2 heterocycles. The molecule has 0 radical (unpaired) electrons. The van der Waals surface area contributed by atoms with Gasteiger partial charge in [0, 0.05) is 39.1 Å². The standard InChI is InChI=1S/C15H17N3O3/c19-13(17-9-6-16-7-10-17)5-8-18-14(20)11-3-1-2-4-12(11)15(18)21/h1-4,16H,5-10H2. The fraction of sp³-hybridized carbons (Fsp3) is 0.400. The van der Waals surface area contributed by atoms with E-state index in [9.17, 15) is 14.4 Å². The van der Waals surface area contributed by atoms with Gasteiger partial charge in [0.15, 0.2) is 0 Å². The van der Waals surface area contributed by atoms with Crippen LogP contribution in [0.1, 0.15) is 27.1 Å². The molecule has 110 valence electrons. The second kappa shape index (κ2) is 5.65. The summed E-state index contributed by atoms with van der Waals surface area (Å²) in [5.74, 6) is -0.611. The quantitative estimate of drug-likeness (QED) is 0.801. The van der Waals surface area contributed by atoms with Crippen LogP contribution in [0.2, 0.25) is 0 Å². The summed E-state index contributed by atoms with van der Waals surface area (Å²) in [6.45, 7) is 3.09. The Balaban J connectivity index is 1.63. The van der Waals surface area contributed by atoms with Crippen LogP contribution in [-0.2, 0) is 4.79 Å². The summed E-state index contributed by atoms with van der Waals surface area (Å²) in [7, 11) is 0. The van der Waals surface area contributed by atoms with E-state index in [0.717, 1.165) is 13.1 Å². The monoisotopic (exact) mass is 287 g/mol. The van der Waals surface area contributed by atoms with Crippen LogP contribution in [0.15, 0.2) is 24.3 Å². The normalized spacial score (nSPS) is 18.1. The summed E-state index contributed by atoms with van der Waals surface area (Å²) < 4.78 is 0. The summed E-state index contributed by atoms with van der Waals surface area (Å²) in [4.78, 5) is 39.4. The summed E-state index contributed by atoms with van der Waals surface area (Å²) >= 11 is 0. The highest BCUT2D eigenvalue weighted by atomic mass is 16.2. The molecule has 1 fully saturated rings. The molecule has 3 amide bonds. The molecular formula is C15H17N3O3. The maximum Gasteiger partial charge on any atom is 0.261 e. The average molecular weight is 287 g/mol. The number of imide groups is 1. The van der Waals surface area contributed by atoms with Crippen molar-refractivity contribution >= 4 is 17.7 Å². The molecule has 3 rings (SSSR count). The van der Waals surface area contributed by atoms with Crippen molar-refractivity contribution in [3.05, 3.63) is 35.4 Å². The molecule has 1 aromatic rings. The fourth-order valence-electron chi connectivity index (χ4n) is 2.72. The molecular weight excluding hydrogens is 270 g/mol. The molecule has 21 heavy (non-hydrogen) atoms. The highest BCUT2D eigenvalue weighted by Crippen LogP contribution is 2.22. The molecule has 6 heteroatoms. The molecule has 2 aliphatic rings. The Bertz CT molecular complexity index is 559. The maximum atomic E-state index is 12.2. The lowest BCUT2D eigenvalue weighted by molar-refractivity contribution is -0.131. The summed E-state index contributed by atoms with van der Waals surface area (Å²) in [5, 5.41) is 3.18. The lowest BCUT2D eigenvalue weighted by atomic mass is 10.1.